The van der Waals surface area contributed by atoms with Crippen molar-refractivity contribution in [3.05, 3.63) is 62.1 Å². The predicted octanol–water partition coefficient (Wildman–Crippen LogP) is 5.38. The monoisotopic (exact) mass is 394 g/mol. The molecule has 120 valence electrons. The average Bonchev–Trinajstić information content (AvgIpc) is 2.56. The van der Waals surface area contributed by atoms with E-state index in [0.29, 0.717) is 16.3 Å². The molecule has 0 saturated heterocycles. The minimum absolute atomic E-state index is 0.302. The lowest BCUT2D eigenvalue weighted by Crippen LogP contribution is -2.04. The van der Waals surface area contributed by atoms with Gasteiger partial charge in [0.2, 0.25) is 0 Å². The number of hydrogen-bond acceptors (Lipinski definition) is 3. The second-order valence-corrected chi connectivity index (χ2v) is 6.11. The number of methoxy groups -OCH3 is 2. The van der Waals surface area contributed by atoms with Crippen LogP contribution in [0.2, 0.25) is 5.02 Å². The molecule has 0 heterocycles. The average molecular weight is 396 g/mol. The Bertz CT molecular complexity index is 769. The highest BCUT2D eigenvalue weighted by Crippen LogP contribution is 2.29. The smallest absolute Gasteiger partial charge is 0.341 e. The number of carbonyl (C=O) groups excluding carboxylic acids is 1. The Balaban J connectivity index is 2.42. The van der Waals surface area contributed by atoms with E-state index in [2.05, 4.69) is 15.9 Å². The first-order valence-electron chi connectivity index (χ1n) is 6.87. The van der Waals surface area contributed by atoms with Gasteiger partial charge in [-0.25, -0.2) is 4.79 Å². The molecule has 2 rings (SSSR count). The van der Waals surface area contributed by atoms with Crippen LogP contribution < -0.4 is 4.74 Å². The second-order valence-electron chi connectivity index (χ2n) is 4.85. The Morgan fingerprint density at radius 3 is 2.52 bits per heavy atom. The SMILES string of the molecule is COC(=O)c1cc(Cl)c(C=Cc2cccc(Br)c2C)cc1OC. The zero-order chi connectivity index (χ0) is 17.0. The largest absolute Gasteiger partial charge is 0.496 e. The zero-order valence-corrected chi connectivity index (χ0v) is 15.4. The van der Waals surface area contributed by atoms with Crippen molar-refractivity contribution in [2.24, 2.45) is 0 Å². The van der Waals surface area contributed by atoms with Gasteiger partial charge >= 0.3 is 5.97 Å². The number of benzene rings is 2. The standard InChI is InChI=1S/C18H16BrClO3/c1-11-12(5-4-6-15(11)19)7-8-13-9-17(22-2)14(10-16(13)20)18(21)23-3/h4-10H,1-3H3. The minimum Gasteiger partial charge on any atom is -0.496 e. The molecule has 0 bridgehead atoms. The molecule has 0 fully saturated rings. The van der Waals surface area contributed by atoms with Gasteiger partial charge in [0.15, 0.2) is 0 Å². The summed E-state index contributed by atoms with van der Waals surface area (Å²) in [6.45, 7) is 2.03. The molecule has 2 aromatic carbocycles. The maximum atomic E-state index is 11.7. The number of ether oxygens (including phenoxy) is 2. The molecule has 0 saturated carbocycles. The highest BCUT2D eigenvalue weighted by Gasteiger charge is 2.15. The van der Waals surface area contributed by atoms with Crippen LogP contribution in [0.25, 0.3) is 12.2 Å². The van der Waals surface area contributed by atoms with Gasteiger partial charge in [-0.1, -0.05) is 51.8 Å². The Hall–Kier alpha value is -1.78. The van der Waals surface area contributed by atoms with E-state index >= 15 is 0 Å². The summed E-state index contributed by atoms with van der Waals surface area (Å²) in [4.78, 5) is 11.7. The molecule has 0 amide bonds. The van der Waals surface area contributed by atoms with Crippen molar-refractivity contribution in [1.82, 2.24) is 0 Å². The van der Waals surface area contributed by atoms with Crippen LogP contribution in [0.4, 0.5) is 0 Å². The van der Waals surface area contributed by atoms with Crippen molar-refractivity contribution in [2.75, 3.05) is 14.2 Å². The fourth-order valence-electron chi connectivity index (χ4n) is 2.12. The van der Waals surface area contributed by atoms with E-state index < -0.39 is 5.97 Å². The number of esters is 1. The van der Waals surface area contributed by atoms with Gasteiger partial charge in [0.05, 0.1) is 14.2 Å². The van der Waals surface area contributed by atoms with Crippen molar-refractivity contribution in [3.63, 3.8) is 0 Å². The van der Waals surface area contributed by atoms with Gasteiger partial charge in [0, 0.05) is 9.50 Å². The highest BCUT2D eigenvalue weighted by molar-refractivity contribution is 9.10. The van der Waals surface area contributed by atoms with Crippen molar-refractivity contribution in [3.8, 4) is 5.75 Å². The van der Waals surface area contributed by atoms with E-state index in [1.165, 1.54) is 14.2 Å². The molecule has 0 N–H and O–H groups in total. The van der Waals surface area contributed by atoms with E-state index in [0.717, 1.165) is 21.2 Å². The quantitative estimate of drug-likeness (QED) is 0.515. The second kappa shape index (κ2) is 7.66. The van der Waals surface area contributed by atoms with E-state index in [-0.39, 0.29) is 0 Å². The third-order valence-corrected chi connectivity index (χ3v) is 4.66. The van der Waals surface area contributed by atoms with Crippen LogP contribution in [0.5, 0.6) is 5.75 Å². The molecule has 0 radical (unpaired) electrons. The summed E-state index contributed by atoms with van der Waals surface area (Å²) in [5.74, 6) is -0.0611. The van der Waals surface area contributed by atoms with Crippen LogP contribution in [-0.4, -0.2) is 20.2 Å². The molecule has 3 nitrogen and oxygen atoms in total. The molecule has 23 heavy (non-hydrogen) atoms. The molecule has 2 aromatic rings. The van der Waals surface area contributed by atoms with E-state index in [9.17, 15) is 4.79 Å². The van der Waals surface area contributed by atoms with Gasteiger partial charge in [-0.05, 0) is 41.8 Å². The highest BCUT2D eigenvalue weighted by atomic mass is 79.9. The zero-order valence-electron chi connectivity index (χ0n) is 13.0. The maximum absolute atomic E-state index is 11.7. The lowest BCUT2D eigenvalue weighted by atomic mass is 10.1. The van der Waals surface area contributed by atoms with Crippen LogP contribution in [0.1, 0.15) is 27.0 Å². The number of hydrogen-bond donors (Lipinski definition) is 0. The predicted molar refractivity (Wildman–Crippen MR) is 97.2 cm³/mol. The molecule has 0 unspecified atom stereocenters. The van der Waals surface area contributed by atoms with Crippen molar-refractivity contribution >= 4 is 45.7 Å². The van der Waals surface area contributed by atoms with Crippen LogP contribution in [0.15, 0.2) is 34.8 Å². The van der Waals surface area contributed by atoms with Gasteiger partial charge in [0.25, 0.3) is 0 Å². The van der Waals surface area contributed by atoms with E-state index in [1.54, 1.807) is 12.1 Å². The van der Waals surface area contributed by atoms with Gasteiger partial charge in [-0.2, -0.15) is 0 Å². The van der Waals surface area contributed by atoms with Crippen molar-refractivity contribution < 1.29 is 14.3 Å². The van der Waals surface area contributed by atoms with Crippen LogP contribution in [-0.2, 0) is 4.74 Å². The first kappa shape index (κ1) is 17.6. The van der Waals surface area contributed by atoms with Gasteiger partial charge in [0.1, 0.15) is 11.3 Å². The molecule has 0 aliphatic carbocycles. The maximum Gasteiger partial charge on any atom is 0.341 e. The van der Waals surface area contributed by atoms with Crippen LogP contribution in [0, 0.1) is 6.92 Å². The summed E-state index contributed by atoms with van der Waals surface area (Å²) >= 11 is 9.78. The lowest BCUT2D eigenvalue weighted by Gasteiger charge is -2.09. The fourth-order valence-corrected chi connectivity index (χ4v) is 2.73. The molecule has 0 aromatic heterocycles. The molecular formula is C18H16BrClO3. The third-order valence-electron chi connectivity index (χ3n) is 3.48. The molecule has 0 aliphatic rings. The topological polar surface area (TPSA) is 35.5 Å². The molecule has 5 heteroatoms. The fraction of sp³-hybridized carbons (Fsp3) is 0.167. The summed E-state index contributed by atoms with van der Waals surface area (Å²) in [5.41, 5.74) is 3.27. The summed E-state index contributed by atoms with van der Waals surface area (Å²) in [7, 11) is 2.82. The van der Waals surface area contributed by atoms with E-state index in [1.807, 2.05) is 37.3 Å². The Morgan fingerprint density at radius 2 is 1.87 bits per heavy atom. The Morgan fingerprint density at radius 1 is 1.17 bits per heavy atom. The number of rotatable bonds is 4. The molecule has 0 spiro atoms. The Kier molecular flexibility index (Phi) is 5.85. The van der Waals surface area contributed by atoms with Crippen molar-refractivity contribution in [1.29, 1.82) is 0 Å². The summed E-state index contributed by atoms with van der Waals surface area (Å²) in [6, 6.07) is 9.26. The normalized spacial score (nSPS) is 10.8. The van der Waals surface area contributed by atoms with Gasteiger partial charge < -0.3 is 9.47 Å². The summed E-state index contributed by atoms with van der Waals surface area (Å²) < 4.78 is 11.0. The first-order valence-corrected chi connectivity index (χ1v) is 8.04. The number of halogens is 2. The van der Waals surface area contributed by atoms with Gasteiger partial charge in [-0.3, -0.25) is 0 Å². The third kappa shape index (κ3) is 3.95. The Labute approximate surface area is 149 Å². The molecule has 0 aliphatic heterocycles. The molecule has 0 atom stereocenters. The first-order chi connectivity index (χ1) is 11.0. The molecular weight excluding hydrogens is 380 g/mol. The van der Waals surface area contributed by atoms with E-state index in [4.69, 9.17) is 21.1 Å². The van der Waals surface area contributed by atoms with Crippen molar-refractivity contribution in [2.45, 2.75) is 6.92 Å². The van der Waals surface area contributed by atoms with Crippen LogP contribution >= 0.6 is 27.5 Å². The summed E-state index contributed by atoms with van der Waals surface area (Å²) in [5, 5.41) is 0.454. The lowest BCUT2D eigenvalue weighted by molar-refractivity contribution is 0.0597. The van der Waals surface area contributed by atoms with Crippen LogP contribution in [0.3, 0.4) is 0 Å². The summed E-state index contributed by atoms with van der Waals surface area (Å²) in [6.07, 6.45) is 3.86. The van der Waals surface area contributed by atoms with Gasteiger partial charge in [-0.15, -0.1) is 0 Å². The minimum atomic E-state index is -0.484. The number of carbonyl (C=O) groups is 1.